The van der Waals surface area contributed by atoms with Crippen molar-refractivity contribution in [2.45, 2.75) is 4.90 Å². The van der Waals surface area contributed by atoms with Gasteiger partial charge in [0.2, 0.25) is 0 Å². The maximum absolute atomic E-state index is 12.4. The summed E-state index contributed by atoms with van der Waals surface area (Å²) < 4.78 is 28.8. The molecule has 2 aliphatic rings. The second kappa shape index (κ2) is 6.11. The first-order valence-corrected chi connectivity index (χ1v) is 9.74. The van der Waals surface area contributed by atoms with E-state index in [1.807, 2.05) is 41.1 Å². The third kappa shape index (κ3) is 2.46. The Morgan fingerprint density at radius 3 is 2.56 bits per heavy atom. The number of allylic oxidation sites excluding steroid dienone is 1. The quantitative estimate of drug-likeness (QED) is 0.608. The van der Waals surface area contributed by atoms with Crippen molar-refractivity contribution in [3.63, 3.8) is 0 Å². The summed E-state index contributed by atoms with van der Waals surface area (Å²) in [5.41, 5.74) is 2.69. The first-order chi connectivity index (χ1) is 13.0. The van der Waals surface area contributed by atoms with Crippen molar-refractivity contribution in [1.29, 1.82) is 5.26 Å². The van der Waals surface area contributed by atoms with Crippen molar-refractivity contribution in [2.75, 3.05) is 23.4 Å². The summed E-state index contributed by atoms with van der Waals surface area (Å²) in [6.07, 6.45) is 1.74. The number of hydrogen-bond donors (Lipinski definition) is 0. The van der Waals surface area contributed by atoms with Crippen LogP contribution < -0.4 is 9.80 Å². The highest BCUT2D eigenvalue weighted by Crippen LogP contribution is 2.42. The van der Waals surface area contributed by atoms with E-state index in [1.54, 1.807) is 24.3 Å². The van der Waals surface area contributed by atoms with Crippen LogP contribution in [-0.2, 0) is 10.0 Å². The van der Waals surface area contributed by atoms with Gasteiger partial charge in [-0.2, -0.15) is 18.1 Å². The Hall–Kier alpha value is -3.37. The molecule has 2 aromatic carbocycles. The second-order valence-electron chi connectivity index (χ2n) is 6.17. The van der Waals surface area contributed by atoms with E-state index in [-0.39, 0.29) is 16.2 Å². The molecule has 2 aromatic rings. The fourth-order valence-corrected chi connectivity index (χ4v) is 4.72. The summed E-state index contributed by atoms with van der Waals surface area (Å²) >= 11 is 0. The zero-order valence-electron chi connectivity index (χ0n) is 14.6. The molecular weight excluding hydrogens is 360 g/mol. The lowest BCUT2D eigenvalue weighted by atomic mass is 10.0. The second-order valence-corrected chi connectivity index (χ2v) is 7.74. The lowest BCUT2D eigenvalue weighted by Gasteiger charge is -2.23. The smallest absolute Gasteiger partial charge is 0.283 e. The van der Waals surface area contributed by atoms with E-state index in [2.05, 4.69) is 17.0 Å². The van der Waals surface area contributed by atoms with Gasteiger partial charge in [-0.25, -0.2) is 0 Å². The number of rotatable bonds is 3. The molecule has 2 heterocycles. The van der Waals surface area contributed by atoms with Gasteiger partial charge in [-0.1, -0.05) is 36.4 Å². The molecule has 7 heteroatoms. The number of sulfonamides is 1. The lowest BCUT2D eigenvalue weighted by molar-refractivity contribution is 0.599. The van der Waals surface area contributed by atoms with Gasteiger partial charge >= 0.3 is 0 Å². The van der Waals surface area contributed by atoms with E-state index in [0.29, 0.717) is 17.9 Å². The van der Waals surface area contributed by atoms with E-state index in [4.69, 9.17) is 0 Å². The van der Waals surface area contributed by atoms with E-state index in [0.717, 1.165) is 11.4 Å². The third-order valence-electron chi connectivity index (χ3n) is 4.62. The molecule has 0 fully saturated rings. The van der Waals surface area contributed by atoms with Crippen LogP contribution in [0.15, 0.2) is 81.9 Å². The normalized spacial score (nSPS) is 18.4. The van der Waals surface area contributed by atoms with Crippen LogP contribution in [0.1, 0.15) is 5.56 Å². The Labute approximate surface area is 158 Å². The Bertz CT molecular complexity index is 1170. The summed E-state index contributed by atoms with van der Waals surface area (Å²) in [6, 6.07) is 16.5. The molecule has 6 nitrogen and oxygen atoms in total. The minimum Gasteiger partial charge on any atom is -0.328 e. The van der Waals surface area contributed by atoms with Crippen LogP contribution >= 0.6 is 0 Å². The number of benzene rings is 2. The minimum atomic E-state index is -3.81. The predicted octanol–water partition coefficient (Wildman–Crippen LogP) is 3.06. The average Bonchev–Trinajstić information content (AvgIpc) is 3.10. The van der Waals surface area contributed by atoms with Crippen molar-refractivity contribution >= 4 is 27.1 Å². The van der Waals surface area contributed by atoms with Gasteiger partial charge in [-0.15, -0.1) is 6.58 Å². The highest BCUT2D eigenvalue weighted by Gasteiger charge is 2.37. The van der Waals surface area contributed by atoms with Crippen LogP contribution in [0.25, 0.3) is 0 Å². The topological polar surface area (TPSA) is 76.8 Å². The molecule has 134 valence electrons. The van der Waals surface area contributed by atoms with E-state index < -0.39 is 10.0 Å². The fourth-order valence-electron chi connectivity index (χ4n) is 3.50. The van der Waals surface area contributed by atoms with Crippen molar-refractivity contribution in [3.05, 3.63) is 78.1 Å². The van der Waals surface area contributed by atoms with Gasteiger partial charge in [0.05, 0.1) is 16.3 Å². The summed E-state index contributed by atoms with van der Waals surface area (Å²) in [4.78, 5) is 3.95. The molecule has 0 unspecified atom stereocenters. The Kier molecular flexibility index (Phi) is 3.86. The monoisotopic (exact) mass is 376 g/mol. The SMILES string of the molecule is C=CCN1/C(=C(\C#N)C2=NS(=O)(=O)c3ccccc32)N(C)c2ccccc21. The lowest BCUT2D eigenvalue weighted by Crippen LogP contribution is -2.29. The van der Waals surface area contributed by atoms with Crippen molar-refractivity contribution in [3.8, 4) is 6.07 Å². The van der Waals surface area contributed by atoms with Gasteiger partial charge in [0, 0.05) is 19.2 Å². The molecule has 0 aliphatic carbocycles. The summed E-state index contributed by atoms with van der Waals surface area (Å²) in [7, 11) is -1.96. The summed E-state index contributed by atoms with van der Waals surface area (Å²) in [5.74, 6) is 0.587. The highest BCUT2D eigenvalue weighted by molar-refractivity contribution is 7.90. The largest absolute Gasteiger partial charge is 0.328 e. The molecule has 0 saturated heterocycles. The predicted molar refractivity (Wildman–Crippen MR) is 105 cm³/mol. The zero-order chi connectivity index (χ0) is 19.2. The molecule has 0 bridgehead atoms. The van der Waals surface area contributed by atoms with Crippen LogP contribution in [0, 0.1) is 11.3 Å². The number of nitriles is 1. The molecule has 0 aromatic heterocycles. The molecule has 27 heavy (non-hydrogen) atoms. The van der Waals surface area contributed by atoms with Gasteiger partial charge in [0.15, 0.2) is 0 Å². The highest BCUT2D eigenvalue weighted by atomic mass is 32.2. The first kappa shape index (κ1) is 17.1. The Morgan fingerprint density at radius 2 is 1.85 bits per heavy atom. The standard InChI is InChI=1S/C20H16N4O2S/c1-3-12-24-17-10-6-5-9-16(17)23(2)20(24)15(13-21)19-14-8-4-7-11-18(14)27(25,26)22-19/h3-11H,1,12H2,2H3/b20-15+. The van der Waals surface area contributed by atoms with Gasteiger partial charge < -0.3 is 9.80 Å². The molecule has 0 N–H and O–H groups in total. The number of anilines is 2. The van der Waals surface area contributed by atoms with Crippen LogP contribution in [-0.4, -0.2) is 27.7 Å². The van der Waals surface area contributed by atoms with Gasteiger partial charge in [-0.3, -0.25) is 0 Å². The molecule has 0 spiro atoms. The molecule has 2 aliphatic heterocycles. The minimum absolute atomic E-state index is 0.127. The van der Waals surface area contributed by atoms with Crippen molar-refractivity contribution < 1.29 is 8.42 Å². The summed E-state index contributed by atoms with van der Waals surface area (Å²) in [5, 5.41) is 9.96. The zero-order valence-corrected chi connectivity index (χ0v) is 15.4. The van der Waals surface area contributed by atoms with Crippen LogP contribution in [0.3, 0.4) is 0 Å². The van der Waals surface area contributed by atoms with Gasteiger partial charge in [-0.05, 0) is 18.2 Å². The first-order valence-electron chi connectivity index (χ1n) is 8.30. The summed E-state index contributed by atoms with van der Waals surface area (Å²) in [6.45, 7) is 4.28. The fraction of sp³-hybridized carbons (Fsp3) is 0.100. The van der Waals surface area contributed by atoms with Crippen LogP contribution in [0.5, 0.6) is 0 Å². The molecular formula is C20H16N4O2S. The maximum atomic E-state index is 12.4. The number of fused-ring (bicyclic) bond motifs is 2. The third-order valence-corrected chi connectivity index (χ3v) is 5.96. The Morgan fingerprint density at radius 1 is 1.19 bits per heavy atom. The Balaban J connectivity index is 1.99. The van der Waals surface area contributed by atoms with Crippen LogP contribution in [0.2, 0.25) is 0 Å². The molecule has 0 amide bonds. The van der Waals surface area contributed by atoms with Crippen molar-refractivity contribution in [2.24, 2.45) is 4.40 Å². The number of nitrogens with zero attached hydrogens (tertiary/aromatic N) is 4. The molecule has 0 radical (unpaired) electrons. The van der Waals surface area contributed by atoms with E-state index >= 15 is 0 Å². The van der Waals surface area contributed by atoms with Gasteiger partial charge in [0.1, 0.15) is 23.2 Å². The van der Waals surface area contributed by atoms with Gasteiger partial charge in [0.25, 0.3) is 10.0 Å². The molecule has 0 atom stereocenters. The number of hydrogen-bond acceptors (Lipinski definition) is 5. The average molecular weight is 376 g/mol. The maximum Gasteiger partial charge on any atom is 0.283 e. The molecule has 0 saturated carbocycles. The van der Waals surface area contributed by atoms with Crippen molar-refractivity contribution in [1.82, 2.24) is 0 Å². The van der Waals surface area contributed by atoms with E-state index in [9.17, 15) is 13.7 Å². The molecule has 4 rings (SSSR count). The van der Waals surface area contributed by atoms with E-state index in [1.165, 1.54) is 6.07 Å². The number of para-hydroxylation sites is 2. The van der Waals surface area contributed by atoms with Crippen LogP contribution in [0.4, 0.5) is 11.4 Å².